The van der Waals surface area contributed by atoms with Crippen LogP contribution in [0.25, 0.3) is 0 Å². The van der Waals surface area contributed by atoms with E-state index in [4.69, 9.17) is 4.74 Å². The van der Waals surface area contributed by atoms with Crippen molar-refractivity contribution >= 4 is 11.9 Å². The lowest BCUT2D eigenvalue weighted by Crippen LogP contribution is -2.45. The van der Waals surface area contributed by atoms with E-state index >= 15 is 0 Å². The van der Waals surface area contributed by atoms with Crippen molar-refractivity contribution in [3.8, 4) is 0 Å². The lowest BCUT2D eigenvalue weighted by Gasteiger charge is -2.20. The van der Waals surface area contributed by atoms with E-state index in [1.54, 1.807) is 6.08 Å². The van der Waals surface area contributed by atoms with Gasteiger partial charge in [-0.3, -0.25) is 9.59 Å². The van der Waals surface area contributed by atoms with Crippen LogP contribution in [0.5, 0.6) is 0 Å². The number of amides is 1. The van der Waals surface area contributed by atoms with Crippen LogP contribution in [0, 0.1) is 0 Å². The number of nitrogens with one attached hydrogen (secondary N) is 1. The normalized spacial score (nSPS) is 12.7. The van der Waals surface area contributed by atoms with Crippen LogP contribution < -0.4 is 5.32 Å². The molecule has 0 aliphatic carbocycles. The van der Waals surface area contributed by atoms with E-state index in [1.807, 2.05) is 6.08 Å². The van der Waals surface area contributed by atoms with Gasteiger partial charge in [0.1, 0.15) is 0 Å². The van der Waals surface area contributed by atoms with E-state index in [2.05, 4.69) is 31.3 Å². The first-order valence-corrected chi connectivity index (χ1v) is 29.6. The largest absolute Gasteiger partial charge is 0.466 e. The molecule has 0 aliphatic heterocycles. The Morgan fingerprint density at radius 2 is 0.712 bits per heavy atom. The van der Waals surface area contributed by atoms with Gasteiger partial charge in [-0.25, -0.2) is 0 Å². The molecular weight excluding hydrogens is 815 g/mol. The van der Waals surface area contributed by atoms with Crippen molar-refractivity contribution in [2.75, 3.05) is 13.2 Å². The molecule has 0 heterocycles. The fourth-order valence-electron chi connectivity index (χ4n) is 9.16. The van der Waals surface area contributed by atoms with Crippen LogP contribution in [0.1, 0.15) is 322 Å². The maximum absolute atomic E-state index is 12.5. The molecule has 66 heavy (non-hydrogen) atoms. The molecule has 0 radical (unpaired) electrons. The highest BCUT2D eigenvalue weighted by atomic mass is 16.5. The summed E-state index contributed by atoms with van der Waals surface area (Å²) in [5.74, 6) is -0.0642. The van der Waals surface area contributed by atoms with E-state index < -0.39 is 12.1 Å². The molecule has 0 fully saturated rings. The summed E-state index contributed by atoms with van der Waals surface area (Å²) in [6, 6.07) is -0.632. The third-order valence-electron chi connectivity index (χ3n) is 13.7. The van der Waals surface area contributed by atoms with Gasteiger partial charge in [0.15, 0.2) is 0 Å². The molecule has 2 unspecified atom stereocenters. The Morgan fingerprint density at radius 1 is 0.409 bits per heavy atom. The highest BCUT2D eigenvalue weighted by Gasteiger charge is 2.18. The first-order valence-electron chi connectivity index (χ1n) is 29.6. The number of unbranched alkanes of at least 4 members (excludes halogenated alkanes) is 42. The zero-order chi connectivity index (χ0) is 47.9. The van der Waals surface area contributed by atoms with Crippen molar-refractivity contribution in [2.24, 2.45) is 0 Å². The lowest BCUT2D eigenvalue weighted by molar-refractivity contribution is -0.143. The van der Waals surface area contributed by atoms with E-state index in [0.29, 0.717) is 19.4 Å². The second-order valence-corrected chi connectivity index (χ2v) is 20.3. The molecule has 0 aliphatic rings. The third kappa shape index (κ3) is 51.7. The van der Waals surface area contributed by atoms with Crippen LogP contribution in [-0.2, 0) is 14.3 Å². The van der Waals surface area contributed by atoms with Gasteiger partial charge in [-0.2, -0.15) is 0 Å². The van der Waals surface area contributed by atoms with Crippen molar-refractivity contribution in [3.05, 3.63) is 24.3 Å². The summed E-state index contributed by atoms with van der Waals surface area (Å²) in [6.45, 7) is 4.91. The summed E-state index contributed by atoms with van der Waals surface area (Å²) in [5.41, 5.74) is 0. The van der Waals surface area contributed by atoms with Crippen LogP contribution >= 0.6 is 0 Å². The van der Waals surface area contributed by atoms with Crippen molar-refractivity contribution in [1.82, 2.24) is 5.32 Å². The molecule has 0 aromatic carbocycles. The number of ether oxygens (including phenoxy) is 1. The van der Waals surface area contributed by atoms with Gasteiger partial charge in [-0.15, -0.1) is 0 Å². The first kappa shape index (κ1) is 64.3. The molecule has 0 aromatic rings. The molecule has 0 saturated heterocycles. The Morgan fingerprint density at radius 3 is 1.08 bits per heavy atom. The van der Waals surface area contributed by atoms with Gasteiger partial charge in [-0.1, -0.05) is 276 Å². The van der Waals surface area contributed by atoms with E-state index in [0.717, 1.165) is 44.9 Å². The average molecular weight is 931 g/mol. The Labute approximate surface area is 411 Å². The number of aliphatic hydroxyl groups excluding tert-OH is 2. The van der Waals surface area contributed by atoms with Gasteiger partial charge >= 0.3 is 5.97 Å². The monoisotopic (exact) mass is 930 g/mol. The van der Waals surface area contributed by atoms with Crippen LogP contribution in [0.3, 0.4) is 0 Å². The first-order chi connectivity index (χ1) is 32.5. The summed E-state index contributed by atoms with van der Waals surface area (Å²) in [6.07, 6.45) is 67.8. The van der Waals surface area contributed by atoms with Crippen molar-refractivity contribution in [1.29, 1.82) is 0 Å². The molecule has 0 saturated carbocycles. The lowest BCUT2D eigenvalue weighted by atomic mass is 10.0. The Kier molecular flexibility index (Phi) is 54.5. The molecule has 6 nitrogen and oxygen atoms in total. The summed E-state index contributed by atoms with van der Waals surface area (Å²) >= 11 is 0. The van der Waals surface area contributed by atoms with E-state index in [9.17, 15) is 19.8 Å². The topological polar surface area (TPSA) is 95.9 Å². The van der Waals surface area contributed by atoms with E-state index in [-0.39, 0.29) is 18.5 Å². The van der Waals surface area contributed by atoms with Crippen LogP contribution in [-0.4, -0.2) is 47.4 Å². The van der Waals surface area contributed by atoms with Gasteiger partial charge < -0.3 is 20.3 Å². The quantitative estimate of drug-likeness (QED) is 0.0321. The molecule has 390 valence electrons. The van der Waals surface area contributed by atoms with Crippen LogP contribution in [0.4, 0.5) is 0 Å². The summed E-state index contributed by atoms with van der Waals surface area (Å²) in [5, 5.41) is 23.1. The predicted octanol–water partition coefficient (Wildman–Crippen LogP) is 18.2. The highest BCUT2D eigenvalue weighted by Crippen LogP contribution is 2.17. The molecule has 3 N–H and O–H groups in total. The third-order valence-corrected chi connectivity index (χ3v) is 13.7. The zero-order valence-electron chi connectivity index (χ0n) is 44.4. The average Bonchev–Trinajstić information content (AvgIpc) is 3.32. The molecule has 1 amide bonds. The van der Waals surface area contributed by atoms with Crippen molar-refractivity contribution in [2.45, 2.75) is 334 Å². The number of carbonyl (C=O) groups excluding carboxylic acids is 2. The zero-order valence-corrected chi connectivity index (χ0v) is 44.4. The minimum absolute atomic E-state index is 0.00917. The predicted molar refractivity (Wildman–Crippen MR) is 287 cm³/mol. The van der Waals surface area contributed by atoms with Gasteiger partial charge in [0.25, 0.3) is 0 Å². The summed E-state index contributed by atoms with van der Waals surface area (Å²) < 4.78 is 5.46. The SMILES string of the molecule is CCCCCCCCCCCCCCCC/C=C/C(O)C(CO)NC(=O)CCCCCCCCC/C=C\CCCCCCCCCCCCCOC(=O)CCCCCCCCCCCCC. The van der Waals surface area contributed by atoms with Crippen molar-refractivity contribution in [3.63, 3.8) is 0 Å². The Bertz CT molecular complexity index is 1030. The van der Waals surface area contributed by atoms with Gasteiger partial charge in [0.05, 0.1) is 25.4 Å². The summed E-state index contributed by atoms with van der Waals surface area (Å²) in [7, 11) is 0. The molecule has 6 heteroatoms. The number of aliphatic hydroxyl groups is 2. The second kappa shape index (κ2) is 55.9. The van der Waals surface area contributed by atoms with Gasteiger partial charge in [0, 0.05) is 12.8 Å². The Hall–Kier alpha value is -1.66. The smallest absolute Gasteiger partial charge is 0.305 e. The Balaban J connectivity index is 3.45. The fraction of sp³-hybridized carbons (Fsp3) is 0.900. The van der Waals surface area contributed by atoms with E-state index in [1.165, 1.54) is 250 Å². The van der Waals surface area contributed by atoms with Crippen LogP contribution in [0.2, 0.25) is 0 Å². The number of allylic oxidation sites excluding steroid dienone is 3. The number of hydrogen-bond donors (Lipinski definition) is 3. The maximum Gasteiger partial charge on any atom is 0.305 e. The number of carbonyl (C=O) groups is 2. The van der Waals surface area contributed by atoms with Crippen molar-refractivity contribution < 1.29 is 24.5 Å². The van der Waals surface area contributed by atoms with Gasteiger partial charge in [-0.05, 0) is 57.8 Å². The maximum atomic E-state index is 12.5. The molecular formula is C60H115NO5. The summed E-state index contributed by atoms with van der Waals surface area (Å²) in [4.78, 5) is 24.4. The second-order valence-electron chi connectivity index (χ2n) is 20.3. The number of hydrogen-bond acceptors (Lipinski definition) is 5. The molecule has 0 spiro atoms. The number of rotatable bonds is 55. The van der Waals surface area contributed by atoms with Gasteiger partial charge in [0.2, 0.25) is 5.91 Å². The highest BCUT2D eigenvalue weighted by molar-refractivity contribution is 5.76. The minimum Gasteiger partial charge on any atom is -0.466 e. The molecule has 0 rings (SSSR count). The minimum atomic E-state index is -0.848. The molecule has 0 aromatic heterocycles. The number of esters is 1. The standard InChI is InChI=1S/C60H115NO5/c1-3-5-7-9-11-13-15-16-17-26-29-33-36-40-44-48-52-58(63)57(56-62)61-59(64)53-49-45-41-37-34-30-27-24-22-20-18-19-21-23-25-28-31-35-39-43-47-51-55-66-60(65)54-50-46-42-38-32-14-12-10-8-6-4-2/h20,22,48,52,57-58,62-63H,3-19,21,23-47,49-51,53-56H2,1-2H3,(H,61,64)/b22-20-,52-48+. The van der Waals surface area contributed by atoms with Crippen LogP contribution in [0.15, 0.2) is 24.3 Å². The molecule has 0 bridgehead atoms. The fourth-order valence-corrected chi connectivity index (χ4v) is 9.16. The molecule has 2 atom stereocenters.